The molecule has 2 aliphatic rings. The molecular formula is C15H15N3O5S. The molecule has 0 bridgehead atoms. The Labute approximate surface area is 141 Å². The Balaban J connectivity index is 1.66. The molecule has 2 aliphatic heterocycles. The SMILES string of the molecule is NC(C(=O)N[C@@H]1C(=O)N2C(OC(=O)O)=CCS[C@@H]12)c1ccccc1. The molecule has 0 radical (unpaired) electrons. The molecule has 2 amide bonds. The first-order chi connectivity index (χ1) is 11.5. The normalized spacial score (nSPS) is 23.5. The van der Waals surface area contributed by atoms with Gasteiger partial charge in [-0.15, -0.1) is 11.8 Å². The molecule has 9 heteroatoms. The zero-order chi connectivity index (χ0) is 17.3. The molecule has 24 heavy (non-hydrogen) atoms. The van der Waals surface area contributed by atoms with E-state index in [2.05, 4.69) is 10.1 Å². The van der Waals surface area contributed by atoms with E-state index in [1.807, 2.05) is 6.07 Å². The number of hydrogen-bond acceptors (Lipinski definition) is 6. The smallest absolute Gasteiger partial charge is 0.449 e. The topological polar surface area (TPSA) is 122 Å². The Hall–Kier alpha value is -2.52. The molecule has 0 aliphatic carbocycles. The number of amides is 2. The second kappa shape index (κ2) is 6.54. The van der Waals surface area contributed by atoms with E-state index in [9.17, 15) is 14.4 Å². The van der Waals surface area contributed by atoms with Crippen LogP contribution < -0.4 is 11.1 Å². The molecule has 1 aromatic carbocycles. The van der Waals surface area contributed by atoms with Crippen LogP contribution in [0.25, 0.3) is 0 Å². The van der Waals surface area contributed by atoms with E-state index in [0.717, 1.165) is 0 Å². The molecule has 2 heterocycles. The Morgan fingerprint density at radius 3 is 2.75 bits per heavy atom. The maximum Gasteiger partial charge on any atom is 0.512 e. The van der Waals surface area contributed by atoms with Gasteiger partial charge >= 0.3 is 6.16 Å². The van der Waals surface area contributed by atoms with E-state index >= 15 is 0 Å². The van der Waals surface area contributed by atoms with Gasteiger partial charge in [-0.2, -0.15) is 0 Å². The number of fused-ring (bicyclic) bond motifs is 1. The number of nitrogens with zero attached hydrogens (tertiary/aromatic N) is 1. The van der Waals surface area contributed by atoms with Gasteiger partial charge < -0.3 is 20.9 Å². The van der Waals surface area contributed by atoms with Gasteiger partial charge in [0.25, 0.3) is 5.91 Å². The first-order valence-corrected chi connectivity index (χ1v) is 8.20. The summed E-state index contributed by atoms with van der Waals surface area (Å²) in [7, 11) is 0. The van der Waals surface area contributed by atoms with E-state index in [1.165, 1.54) is 22.7 Å². The molecule has 3 atom stereocenters. The highest BCUT2D eigenvalue weighted by atomic mass is 32.2. The van der Waals surface area contributed by atoms with E-state index in [4.69, 9.17) is 10.8 Å². The quantitative estimate of drug-likeness (QED) is 0.538. The molecule has 4 N–H and O–H groups in total. The summed E-state index contributed by atoms with van der Waals surface area (Å²) in [6.45, 7) is 0. The average Bonchev–Trinajstić information content (AvgIpc) is 2.58. The van der Waals surface area contributed by atoms with Gasteiger partial charge in [0.1, 0.15) is 17.5 Å². The van der Waals surface area contributed by atoms with Gasteiger partial charge in [0.15, 0.2) is 0 Å². The maximum atomic E-state index is 12.3. The fourth-order valence-electron chi connectivity index (χ4n) is 2.55. The summed E-state index contributed by atoms with van der Waals surface area (Å²) in [4.78, 5) is 36.4. The van der Waals surface area contributed by atoms with Gasteiger partial charge in [-0.1, -0.05) is 30.3 Å². The zero-order valence-corrected chi connectivity index (χ0v) is 13.2. The number of thioether (sulfide) groups is 1. The van der Waals surface area contributed by atoms with Crippen molar-refractivity contribution in [3.8, 4) is 0 Å². The van der Waals surface area contributed by atoms with Crippen molar-refractivity contribution >= 4 is 29.7 Å². The lowest BCUT2D eigenvalue weighted by atomic mass is 10.0. The number of benzene rings is 1. The molecule has 0 aromatic heterocycles. The number of hydrogen-bond donors (Lipinski definition) is 3. The van der Waals surface area contributed by atoms with E-state index in [0.29, 0.717) is 11.3 Å². The largest absolute Gasteiger partial charge is 0.512 e. The van der Waals surface area contributed by atoms with Crippen molar-refractivity contribution in [2.24, 2.45) is 5.73 Å². The number of rotatable bonds is 4. The Morgan fingerprint density at radius 1 is 1.38 bits per heavy atom. The zero-order valence-electron chi connectivity index (χ0n) is 12.4. The lowest BCUT2D eigenvalue weighted by molar-refractivity contribution is -0.149. The van der Waals surface area contributed by atoms with Crippen molar-refractivity contribution in [2.75, 3.05) is 5.75 Å². The fraction of sp³-hybridized carbons (Fsp3) is 0.267. The third kappa shape index (κ3) is 2.95. The Morgan fingerprint density at radius 2 is 2.08 bits per heavy atom. The molecule has 1 unspecified atom stereocenters. The number of nitrogens with two attached hydrogens (primary N) is 1. The highest BCUT2D eigenvalue weighted by Gasteiger charge is 2.52. The molecule has 0 saturated carbocycles. The van der Waals surface area contributed by atoms with Crippen LogP contribution >= 0.6 is 11.8 Å². The molecule has 3 rings (SSSR count). The summed E-state index contributed by atoms with van der Waals surface area (Å²) in [6, 6.07) is 7.19. The molecule has 8 nitrogen and oxygen atoms in total. The van der Waals surface area contributed by atoms with E-state index in [-0.39, 0.29) is 5.88 Å². The van der Waals surface area contributed by atoms with Crippen LogP contribution in [0.3, 0.4) is 0 Å². The first-order valence-electron chi connectivity index (χ1n) is 7.15. The average molecular weight is 349 g/mol. The van der Waals surface area contributed by atoms with Crippen LogP contribution in [-0.4, -0.2) is 45.1 Å². The Bertz CT molecular complexity index is 708. The Kier molecular flexibility index (Phi) is 4.45. The third-order valence-corrected chi connectivity index (χ3v) is 4.92. The number of carbonyl (C=O) groups is 3. The minimum absolute atomic E-state index is 0.0193. The van der Waals surface area contributed by atoms with Crippen LogP contribution in [-0.2, 0) is 14.3 Å². The van der Waals surface area contributed by atoms with Crippen LogP contribution in [0.5, 0.6) is 0 Å². The molecule has 1 aromatic rings. The van der Waals surface area contributed by atoms with Gasteiger partial charge in [-0.25, -0.2) is 4.79 Å². The van der Waals surface area contributed by atoms with Crippen LogP contribution in [0.15, 0.2) is 42.3 Å². The van der Waals surface area contributed by atoms with E-state index in [1.54, 1.807) is 24.3 Å². The standard InChI is InChI=1S/C15H15N3O5S/c16-10(8-4-2-1-3-5-8)12(19)17-11-13(20)18-9(23-15(21)22)6-7-24-14(11)18/h1-6,10-11,14H,7,16H2,(H,17,19)(H,21,22)/t10?,11-,14+/m1/s1. The second-order valence-electron chi connectivity index (χ2n) is 5.22. The van der Waals surface area contributed by atoms with Gasteiger partial charge in [0.05, 0.1) is 0 Å². The minimum Gasteiger partial charge on any atom is -0.449 e. The first kappa shape index (κ1) is 16.3. The van der Waals surface area contributed by atoms with Gasteiger partial charge in [-0.05, 0) is 11.6 Å². The highest BCUT2D eigenvalue weighted by molar-refractivity contribution is 8.00. The number of ether oxygens (including phenoxy) is 1. The molecule has 1 saturated heterocycles. The number of β-lactam (4-membered cyclic amide) rings is 1. The lowest BCUT2D eigenvalue weighted by Crippen LogP contribution is -2.70. The van der Waals surface area contributed by atoms with Crippen LogP contribution in [0.2, 0.25) is 0 Å². The molecular weight excluding hydrogens is 334 g/mol. The predicted molar refractivity (Wildman–Crippen MR) is 85.6 cm³/mol. The highest BCUT2D eigenvalue weighted by Crippen LogP contribution is 2.37. The van der Waals surface area contributed by atoms with Gasteiger partial charge in [0.2, 0.25) is 11.8 Å². The van der Waals surface area contributed by atoms with Crippen LogP contribution in [0, 0.1) is 0 Å². The van der Waals surface area contributed by atoms with Crippen molar-refractivity contribution in [1.82, 2.24) is 10.2 Å². The van der Waals surface area contributed by atoms with Crippen molar-refractivity contribution in [2.45, 2.75) is 17.5 Å². The number of nitrogens with one attached hydrogen (secondary N) is 1. The minimum atomic E-state index is -1.49. The maximum absolute atomic E-state index is 12.3. The van der Waals surface area contributed by atoms with Crippen molar-refractivity contribution in [3.63, 3.8) is 0 Å². The molecule has 1 fully saturated rings. The fourth-order valence-corrected chi connectivity index (χ4v) is 3.72. The molecule has 0 spiro atoms. The summed E-state index contributed by atoms with van der Waals surface area (Å²) < 4.78 is 4.60. The van der Waals surface area contributed by atoms with Crippen molar-refractivity contribution < 1.29 is 24.2 Å². The van der Waals surface area contributed by atoms with Crippen molar-refractivity contribution in [3.05, 3.63) is 47.9 Å². The summed E-state index contributed by atoms with van der Waals surface area (Å²) in [5.74, 6) is -0.425. The van der Waals surface area contributed by atoms with E-state index < -0.39 is 35.4 Å². The van der Waals surface area contributed by atoms with Gasteiger partial charge in [-0.3, -0.25) is 14.5 Å². The molecule has 126 valence electrons. The third-order valence-electron chi connectivity index (χ3n) is 3.74. The van der Waals surface area contributed by atoms with Crippen molar-refractivity contribution in [1.29, 1.82) is 0 Å². The predicted octanol–water partition coefficient (Wildman–Crippen LogP) is 0.622. The summed E-state index contributed by atoms with van der Waals surface area (Å²) >= 11 is 1.41. The summed E-state index contributed by atoms with van der Waals surface area (Å²) in [5.41, 5.74) is 6.56. The lowest BCUT2D eigenvalue weighted by Gasteiger charge is -2.48. The number of carboxylic acid groups (broad SMARTS) is 1. The summed E-state index contributed by atoms with van der Waals surface area (Å²) in [6.07, 6.45) is 0.0271. The number of carbonyl (C=O) groups excluding carboxylic acids is 2. The van der Waals surface area contributed by atoms with Crippen LogP contribution in [0.4, 0.5) is 4.79 Å². The summed E-state index contributed by atoms with van der Waals surface area (Å²) in [5, 5.41) is 10.9. The van der Waals surface area contributed by atoms with Gasteiger partial charge in [0, 0.05) is 5.75 Å². The monoisotopic (exact) mass is 349 g/mol. The van der Waals surface area contributed by atoms with Crippen LogP contribution in [0.1, 0.15) is 11.6 Å². The second-order valence-corrected chi connectivity index (χ2v) is 6.37.